The van der Waals surface area contributed by atoms with Crippen LogP contribution in [-0.2, 0) is 16.0 Å². The highest BCUT2D eigenvalue weighted by atomic mass is 79.9. The lowest BCUT2D eigenvalue weighted by molar-refractivity contribution is -0.145. The van der Waals surface area contributed by atoms with Crippen LogP contribution in [0.4, 0.5) is 4.39 Å². The maximum absolute atomic E-state index is 13.3. The normalized spacial score (nSPS) is 26.5. The fraction of sp³-hybridized carbons (Fsp3) is 0.562. The van der Waals surface area contributed by atoms with Crippen LogP contribution in [-0.4, -0.2) is 18.5 Å². The molecular formula is C16H20BrFO2. The van der Waals surface area contributed by atoms with Crippen molar-refractivity contribution >= 4 is 21.7 Å². The van der Waals surface area contributed by atoms with Gasteiger partial charge in [0.2, 0.25) is 0 Å². The molecule has 0 amide bonds. The largest absolute Gasteiger partial charge is 0.370 e. The quantitative estimate of drug-likeness (QED) is 0.815. The first-order chi connectivity index (χ1) is 9.47. The zero-order valence-corrected chi connectivity index (χ0v) is 13.5. The van der Waals surface area contributed by atoms with Gasteiger partial charge in [-0.15, -0.1) is 0 Å². The molecule has 0 bridgehead atoms. The van der Waals surface area contributed by atoms with E-state index < -0.39 is 5.60 Å². The van der Waals surface area contributed by atoms with Crippen LogP contribution in [0.3, 0.4) is 0 Å². The van der Waals surface area contributed by atoms with Crippen LogP contribution in [0.15, 0.2) is 22.7 Å². The van der Waals surface area contributed by atoms with Gasteiger partial charge in [0.25, 0.3) is 0 Å². The number of hydrogen-bond donors (Lipinski definition) is 0. The number of ketones is 1. The fourth-order valence-electron chi connectivity index (χ4n) is 2.84. The summed E-state index contributed by atoms with van der Waals surface area (Å²) in [4.78, 5) is 12.6. The first-order valence-corrected chi connectivity index (χ1v) is 7.78. The Hall–Kier alpha value is -0.740. The molecule has 0 saturated heterocycles. The van der Waals surface area contributed by atoms with E-state index in [1.54, 1.807) is 13.2 Å². The number of ether oxygens (including phenoxy) is 1. The number of methoxy groups -OCH3 is 1. The molecule has 1 aliphatic rings. The molecule has 4 heteroatoms. The van der Waals surface area contributed by atoms with Gasteiger partial charge in [-0.05, 0) is 55.4 Å². The Morgan fingerprint density at radius 1 is 1.45 bits per heavy atom. The third kappa shape index (κ3) is 3.29. The Kier molecular flexibility index (Phi) is 4.97. The molecule has 0 N–H and O–H groups in total. The van der Waals surface area contributed by atoms with Crippen LogP contribution in [0.25, 0.3) is 0 Å². The maximum Gasteiger partial charge on any atom is 0.168 e. The second-order valence-electron chi connectivity index (χ2n) is 5.72. The smallest absolute Gasteiger partial charge is 0.168 e. The number of benzene rings is 1. The minimum atomic E-state index is -0.682. The van der Waals surface area contributed by atoms with E-state index in [4.69, 9.17) is 4.74 Å². The number of carbonyl (C=O) groups is 1. The summed E-state index contributed by atoms with van der Waals surface area (Å²) in [6.45, 7) is 2.20. The number of hydrogen-bond acceptors (Lipinski definition) is 2. The lowest BCUT2D eigenvalue weighted by atomic mass is 9.76. The molecule has 0 unspecified atom stereocenters. The van der Waals surface area contributed by atoms with Gasteiger partial charge < -0.3 is 4.74 Å². The molecule has 1 saturated carbocycles. The Labute approximate surface area is 127 Å². The van der Waals surface area contributed by atoms with E-state index in [1.165, 1.54) is 12.1 Å². The van der Waals surface area contributed by atoms with Gasteiger partial charge in [0, 0.05) is 18.0 Å². The van der Waals surface area contributed by atoms with Crippen molar-refractivity contribution < 1.29 is 13.9 Å². The molecule has 0 aromatic heterocycles. The topological polar surface area (TPSA) is 26.3 Å². The van der Waals surface area contributed by atoms with Crippen molar-refractivity contribution in [3.05, 3.63) is 34.1 Å². The summed E-state index contributed by atoms with van der Waals surface area (Å²) in [7, 11) is 1.61. The molecule has 1 fully saturated rings. The summed E-state index contributed by atoms with van der Waals surface area (Å²) in [6, 6.07) is 4.43. The third-order valence-corrected chi connectivity index (χ3v) is 5.11. The summed E-state index contributed by atoms with van der Waals surface area (Å²) >= 11 is 3.37. The molecule has 0 atom stereocenters. The van der Waals surface area contributed by atoms with Crippen molar-refractivity contribution in [2.45, 2.75) is 44.6 Å². The predicted molar refractivity (Wildman–Crippen MR) is 80.2 cm³/mol. The lowest BCUT2D eigenvalue weighted by Gasteiger charge is -2.37. The number of carbonyl (C=O) groups excluding carboxylic acids is 1. The van der Waals surface area contributed by atoms with Crippen molar-refractivity contribution in [2.24, 2.45) is 5.92 Å². The molecule has 0 aliphatic heterocycles. The molecule has 1 aliphatic carbocycles. The second kappa shape index (κ2) is 6.35. The van der Waals surface area contributed by atoms with Gasteiger partial charge in [-0.2, -0.15) is 0 Å². The third-order valence-electron chi connectivity index (χ3n) is 4.34. The zero-order valence-electron chi connectivity index (χ0n) is 11.9. The van der Waals surface area contributed by atoms with Crippen LogP contribution in [0.5, 0.6) is 0 Å². The Morgan fingerprint density at radius 3 is 2.70 bits per heavy atom. The van der Waals surface area contributed by atoms with E-state index >= 15 is 0 Å². The van der Waals surface area contributed by atoms with E-state index in [0.717, 1.165) is 30.2 Å². The Bertz CT molecular complexity index is 493. The minimum absolute atomic E-state index is 0.0539. The first-order valence-electron chi connectivity index (χ1n) is 6.99. The van der Waals surface area contributed by atoms with E-state index in [9.17, 15) is 9.18 Å². The first kappa shape index (κ1) is 15.6. The van der Waals surface area contributed by atoms with Gasteiger partial charge in [0.05, 0.1) is 0 Å². The van der Waals surface area contributed by atoms with Crippen LogP contribution >= 0.6 is 15.9 Å². The van der Waals surface area contributed by atoms with Crippen LogP contribution < -0.4 is 0 Å². The summed E-state index contributed by atoms with van der Waals surface area (Å²) in [5.41, 5.74) is 0.00295. The lowest BCUT2D eigenvalue weighted by Crippen LogP contribution is -2.44. The van der Waals surface area contributed by atoms with E-state index in [0.29, 0.717) is 11.5 Å². The number of Topliss-reactive ketones (excluding diaryl/α,β-unsaturated/α-hetero) is 1. The van der Waals surface area contributed by atoms with Crippen molar-refractivity contribution in [1.82, 2.24) is 0 Å². The highest BCUT2D eigenvalue weighted by molar-refractivity contribution is 9.10. The minimum Gasteiger partial charge on any atom is -0.370 e. The zero-order chi connectivity index (χ0) is 14.8. The molecule has 0 spiro atoms. The molecule has 1 aromatic carbocycles. The average Bonchev–Trinajstić information content (AvgIpc) is 2.44. The van der Waals surface area contributed by atoms with Crippen molar-refractivity contribution in [3.63, 3.8) is 0 Å². The summed E-state index contributed by atoms with van der Waals surface area (Å²) in [5.74, 6) is 0.380. The molecular weight excluding hydrogens is 323 g/mol. The fourth-order valence-corrected chi connectivity index (χ4v) is 3.22. The van der Waals surface area contributed by atoms with Gasteiger partial charge >= 0.3 is 0 Å². The standard InChI is InChI=1S/C16H20BrFO2/c1-11-5-7-16(20-2,8-6-11)15(19)10-12-9-13(18)3-4-14(12)17/h3-4,9,11H,5-8,10H2,1-2H3. The van der Waals surface area contributed by atoms with E-state index in [-0.39, 0.29) is 18.0 Å². The summed E-state index contributed by atoms with van der Waals surface area (Å²) in [5, 5.41) is 0. The summed E-state index contributed by atoms with van der Waals surface area (Å²) in [6.07, 6.45) is 3.74. The van der Waals surface area contributed by atoms with Crippen LogP contribution in [0, 0.1) is 11.7 Å². The van der Waals surface area contributed by atoms with Crippen LogP contribution in [0.1, 0.15) is 38.2 Å². The summed E-state index contributed by atoms with van der Waals surface area (Å²) < 4.78 is 19.6. The van der Waals surface area contributed by atoms with Gasteiger partial charge in [-0.25, -0.2) is 4.39 Å². The predicted octanol–water partition coefficient (Wildman–Crippen LogP) is 4.30. The Balaban J connectivity index is 2.15. The van der Waals surface area contributed by atoms with Crippen molar-refractivity contribution in [3.8, 4) is 0 Å². The average molecular weight is 343 g/mol. The van der Waals surface area contributed by atoms with Crippen molar-refractivity contribution in [2.75, 3.05) is 7.11 Å². The second-order valence-corrected chi connectivity index (χ2v) is 6.57. The molecule has 20 heavy (non-hydrogen) atoms. The van der Waals surface area contributed by atoms with Gasteiger partial charge in [0.15, 0.2) is 5.78 Å². The van der Waals surface area contributed by atoms with Gasteiger partial charge in [0.1, 0.15) is 11.4 Å². The monoisotopic (exact) mass is 342 g/mol. The molecule has 0 radical (unpaired) electrons. The SMILES string of the molecule is COC1(C(=O)Cc2cc(F)ccc2Br)CCC(C)CC1. The number of halogens is 2. The van der Waals surface area contributed by atoms with Gasteiger partial charge in [-0.3, -0.25) is 4.79 Å². The molecule has 1 aromatic rings. The van der Waals surface area contributed by atoms with Crippen LogP contribution in [0.2, 0.25) is 0 Å². The Morgan fingerprint density at radius 2 is 2.10 bits per heavy atom. The highest BCUT2D eigenvalue weighted by Crippen LogP contribution is 2.36. The molecule has 2 rings (SSSR count). The van der Waals surface area contributed by atoms with E-state index in [2.05, 4.69) is 22.9 Å². The highest BCUT2D eigenvalue weighted by Gasteiger charge is 2.40. The maximum atomic E-state index is 13.3. The molecule has 0 heterocycles. The number of rotatable bonds is 4. The van der Waals surface area contributed by atoms with E-state index in [1.807, 2.05) is 0 Å². The van der Waals surface area contributed by atoms with Crippen molar-refractivity contribution in [1.29, 1.82) is 0 Å². The molecule has 110 valence electrons. The molecule has 2 nitrogen and oxygen atoms in total. The van der Waals surface area contributed by atoms with Gasteiger partial charge in [-0.1, -0.05) is 22.9 Å².